The molecule has 0 aliphatic rings. The van der Waals surface area contributed by atoms with Crippen LogP contribution in [-0.4, -0.2) is 26.3 Å². The first-order valence-electron chi connectivity index (χ1n) is 7.22. The predicted molar refractivity (Wildman–Crippen MR) is 83.1 cm³/mol. The molecule has 0 fully saturated rings. The molecule has 5 heteroatoms. The van der Waals surface area contributed by atoms with Crippen LogP contribution < -0.4 is 5.32 Å². The van der Waals surface area contributed by atoms with Crippen molar-refractivity contribution in [3.63, 3.8) is 0 Å². The minimum absolute atomic E-state index is 0.765. The molecule has 3 aromatic rings. The maximum absolute atomic E-state index is 4.40. The van der Waals surface area contributed by atoms with Crippen LogP contribution in [-0.2, 0) is 6.54 Å². The number of aromatic amines is 1. The van der Waals surface area contributed by atoms with Gasteiger partial charge in [-0.25, -0.2) is 9.67 Å². The van der Waals surface area contributed by atoms with Gasteiger partial charge in [0.05, 0.1) is 30.3 Å². The van der Waals surface area contributed by atoms with E-state index in [1.807, 2.05) is 53.6 Å². The van der Waals surface area contributed by atoms with Gasteiger partial charge in [-0.2, -0.15) is 5.10 Å². The summed E-state index contributed by atoms with van der Waals surface area (Å²) in [6, 6.07) is 10.1. The quantitative estimate of drug-likeness (QED) is 0.683. The molecule has 0 aliphatic carbocycles. The van der Waals surface area contributed by atoms with E-state index in [-0.39, 0.29) is 0 Å². The highest BCUT2D eigenvalue weighted by Gasteiger charge is 2.06. The molecule has 0 unspecified atom stereocenters. The maximum Gasteiger partial charge on any atom is 0.120 e. The Labute approximate surface area is 124 Å². The highest BCUT2D eigenvalue weighted by atomic mass is 15.3. The third-order valence-electron chi connectivity index (χ3n) is 3.26. The fourth-order valence-electron chi connectivity index (χ4n) is 2.17. The van der Waals surface area contributed by atoms with Crippen molar-refractivity contribution in [1.82, 2.24) is 25.1 Å². The van der Waals surface area contributed by atoms with Gasteiger partial charge >= 0.3 is 0 Å². The summed E-state index contributed by atoms with van der Waals surface area (Å²) in [6.07, 6.45) is 6.84. The Morgan fingerprint density at radius 1 is 1.19 bits per heavy atom. The minimum atomic E-state index is 0.765. The van der Waals surface area contributed by atoms with Gasteiger partial charge in [0.2, 0.25) is 0 Å². The van der Waals surface area contributed by atoms with Gasteiger partial charge in [-0.05, 0) is 25.1 Å². The molecule has 0 aliphatic heterocycles. The number of aromatic nitrogens is 4. The zero-order valence-electron chi connectivity index (χ0n) is 12.1. The van der Waals surface area contributed by atoms with Crippen LogP contribution in [0.1, 0.15) is 19.2 Å². The van der Waals surface area contributed by atoms with Crippen molar-refractivity contribution in [1.29, 1.82) is 0 Å². The van der Waals surface area contributed by atoms with Gasteiger partial charge < -0.3 is 10.3 Å². The summed E-state index contributed by atoms with van der Waals surface area (Å²) in [5.74, 6) is 0.950. The second-order valence-corrected chi connectivity index (χ2v) is 4.93. The molecule has 3 rings (SSSR count). The normalized spacial score (nSPS) is 10.9. The van der Waals surface area contributed by atoms with Crippen LogP contribution in [0.25, 0.3) is 16.9 Å². The summed E-state index contributed by atoms with van der Waals surface area (Å²) >= 11 is 0. The second kappa shape index (κ2) is 6.37. The van der Waals surface area contributed by atoms with Crippen LogP contribution in [0.3, 0.4) is 0 Å². The van der Waals surface area contributed by atoms with Crippen LogP contribution in [0.2, 0.25) is 0 Å². The minimum Gasteiger partial charge on any atom is -0.341 e. The van der Waals surface area contributed by atoms with Crippen molar-refractivity contribution in [3.8, 4) is 16.9 Å². The Morgan fingerprint density at radius 3 is 2.86 bits per heavy atom. The zero-order valence-corrected chi connectivity index (χ0v) is 12.1. The van der Waals surface area contributed by atoms with E-state index in [0.717, 1.165) is 42.3 Å². The van der Waals surface area contributed by atoms with Gasteiger partial charge in [0.15, 0.2) is 0 Å². The number of hydrogen-bond donors (Lipinski definition) is 2. The lowest BCUT2D eigenvalue weighted by atomic mass is 10.3. The van der Waals surface area contributed by atoms with Gasteiger partial charge in [0.1, 0.15) is 5.82 Å². The Kier molecular flexibility index (Phi) is 4.12. The Bertz CT molecular complexity index is 684. The molecule has 2 heterocycles. The van der Waals surface area contributed by atoms with Crippen molar-refractivity contribution < 1.29 is 0 Å². The molecule has 0 amide bonds. The number of H-pyrrole nitrogens is 1. The van der Waals surface area contributed by atoms with Gasteiger partial charge in [-0.15, -0.1) is 0 Å². The molecule has 2 N–H and O–H groups in total. The fourth-order valence-corrected chi connectivity index (χ4v) is 2.17. The van der Waals surface area contributed by atoms with E-state index in [1.165, 1.54) is 0 Å². The molecule has 0 saturated carbocycles. The molecule has 0 spiro atoms. The molecule has 21 heavy (non-hydrogen) atoms. The molecule has 0 bridgehead atoms. The predicted octanol–water partition coefficient (Wildman–Crippen LogP) is 2.76. The third-order valence-corrected chi connectivity index (χ3v) is 3.26. The number of imidazole rings is 1. The molecule has 2 aromatic heterocycles. The van der Waals surface area contributed by atoms with Crippen molar-refractivity contribution in [2.24, 2.45) is 0 Å². The van der Waals surface area contributed by atoms with Gasteiger partial charge in [-0.1, -0.05) is 25.1 Å². The molecular weight excluding hydrogens is 262 g/mol. The molecular formula is C16H19N5. The number of para-hydroxylation sites is 1. The topological polar surface area (TPSA) is 58.5 Å². The average Bonchev–Trinajstić information content (AvgIpc) is 3.17. The maximum atomic E-state index is 4.40. The molecule has 5 nitrogen and oxygen atoms in total. The van der Waals surface area contributed by atoms with Crippen LogP contribution >= 0.6 is 0 Å². The van der Waals surface area contributed by atoms with E-state index in [2.05, 4.69) is 27.3 Å². The van der Waals surface area contributed by atoms with Gasteiger partial charge in [-0.3, -0.25) is 0 Å². The Balaban J connectivity index is 1.74. The molecule has 108 valence electrons. The highest BCUT2D eigenvalue weighted by molar-refractivity contribution is 5.57. The van der Waals surface area contributed by atoms with Gasteiger partial charge in [0.25, 0.3) is 0 Å². The van der Waals surface area contributed by atoms with E-state index < -0.39 is 0 Å². The number of nitrogens with one attached hydrogen (secondary N) is 2. The smallest absolute Gasteiger partial charge is 0.120 e. The number of benzene rings is 1. The number of hydrogen-bond acceptors (Lipinski definition) is 3. The number of nitrogens with zero attached hydrogens (tertiary/aromatic N) is 3. The Morgan fingerprint density at radius 2 is 2.05 bits per heavy atom. The van der Waals surface area contributed by atoms with E-state index >= 15 is 0 Å². The summed E-state index contributed by atoms with van der Waals surface area (Å²) < 4.78 is 1.87. The van der Waals surface area contributed by atoms with E-state index in [1.54, 1.807) is 0 Å². The first-order chi connectivity index (χ1) is 10.4. The van der Waals surface area contributed by atoms with Crippen molar-refractivity contribution in [3.05, 3.63) is 54.7 Å². The van der Waals surface area contributed by atoms with E-state index in [0.29, 0.717) is 0 Å². The lowest BCUT2D eigenvalue weighted by Gasteiger charge is -1.99. The SMILES string of the molecule is CCCNCc1ncc(-c2cnn(-c3ccccc3)c2)[nH]1. The van der Waals surface area contributed by atoms with Crippen molar-refractivity contribution in [2.75, 3.05) is 6.54 Å². The fraction of sp³-hybridized carbons (Fsp3) is 0.250. The molecule has 0 atom stereocenters. The van der Waals surface area contributed by atoms with Crippen LogP contribution in [0, 0.1) is 0 Å². The largest absolute Gasteiger partial charge is 0.341 e. The third kappa shape index (κ3) is 3.20. The summed E-state index contributed by atoms with van der Waals surface area (Å²) in [5, 5.41) is 7.73. The highest BCUT2D eigenvalue weighted by Crippen LogP contribution is 2.18. The first kappa shape index (κ1) is 13.6. The zero-order chi connectivity index (χ0) is 14.5. The van der Waals surface area contributed by atoms with Gasteiger partial charge in [0, 0.05) is 11.8 Å². The molecule has 1 aromatic carbocycles. The summed E-state index contributed by atoms with van der Waals surface area (Å²) in [6.45, 7) is 3.92. The monoisotopic (exact) mass is 281 g/mol. The average molecular weight is 281 g/mol. The van der Waals surface area contributed by atoms with E-state index in [4.69, 9.17) is 0 Å². The second-order valence-electron chi connectivity index (χ2n) is 4.93. The van der Waals surface area contributed by atoms with Crippen molar-refractivity contribution >= 4 is 0 Å². The standard InChI is InChI=1S/C16H19N5/c1-2-8-17-11-16-18-10-15(20-16)13-9-19-21(12-13)14-6-4-3-5-7-14/h3-7,9-10,12,17H,2,8,11H2,1H3,(H,18,20). The lowest BCUT2D eigenvalue weighted by molar-refractivity contribution is 0.655. The lowest BCUT2D eigenvalue weighted by Crippen LogP contribution is -2.14. The summed E-state index contributed by atoms with van der Waals surface area (Å²) in [5.41, 5.74) is 3.08. The molecule has 0 radical (unpaired) electrons. The van der Waals surface area contributed by atoms with Crippen LogP contribution in [0.15, 0.2) is 48.9 Å². The Hall–Kier alpha value is -2.40. The number of rotatable bonds is 6. The van der Waals surface area contributed by atoms with Crippen LogP contribution in [0.4, 0.5) is 0 Å². The first-order valence-corrected chi connectivity index (χ1v) is 7.22. The van der Waals surface area contributed by atoms with Crippen molar-refractivity contribution in [2.45, 2.75) is 19.9 Å². The summed E-state index contributed by atoms with van der Waals surface area (Å²) in [7, 11) is 0. The summed E-state index contributed by atoms with van der Waals surface area (Å²) in [4.78, 5) is 7.72. The van der Waals surface area contributed by atoms with E-state index in [9.17, 15) is 0 Å². The molecule has 0 saturated heterocycles. The van der Waals surface area contributed by atoms with Crippen LogP contribution in [0.5, 0.6) is 0 Å².